The Morgan fingerprint density at radius 2 is 2.00 bits per heavy atom. The molecule has 0 spiro atoms. The first-order valence-corrected chi connectivity index (χ1v) is 12.3. The number of nitrogens with zero attached hydrogens (tertiary/aromatic N) is 4. The molecule has 1 aromatic carbocycles. The Bertz CT molecular complexity index is 1190. The highest BCUT2D eigenvalue weighted by molar-refractivity contribution is 5.81. The summed E-state index contributed by atoms with van der Waals surface area (Å²) in [6.07, 6.45) is -0.625. The minimum atomic E-state index is -1.49. The molecular weight excluding hydrogens is 476 g/mol. The molecule has 2 saturated heterocycles. The number of nitriles is 1. The number of anilines is 1. The molecule has 0 bridgehead atoms. The number of pyridine rings is 1. The zero-order chi connectivity index (χ0) is 26.9. The van der Waals surface area contributed by atoms with E-state index < -0.39 is 30.1 Å². The summed E-state index contributed by atoms with van der Waals surface area (Å²) in [5.41, 5.74) is 1.64. The molecule has 0 radical (unpaired) electrons. The average molecular weight is 511 g/mol. The molecule has 10 heteroatoms. The molecule has 37 heavy (non-hydrogen) atoms. The lowest BCUT2D eigenvalue weighted by atomic mass is 9.72. The van der Waals surface area contributed by atoms with Gasteiger partial charge in [0.15, 0.2) is 17.6 Å². The van der Waals surface area contributed by atoms with E-state index in [1.54, 1.807) is 26.3 Å². The fourth-order valence-corrected chi connectivity index (χ4v) is 5.07. The number of amides is 1. The molecule has 0 aliphatic carbocycles. The molecule has 4 rings (SSSR count). The van der Waals surface area contributed by atoms with Crippen LogP contribution in [0.4, 0.5) is 5.82 Å². The van der Waals surface area contributed by atoms with E-state index in [0.717, 1.165) is 16.9 Å². The van der Waals surface area contributed by atoms with Crippen LogP contribution in [0.2, 0.25) is 0 Å². The second kappa shape index (κ2) is 10.5. The summed E-state index contributed by atoms with van der Waals surface area (Å²) in [5.74, 6) is 1.08. The number of methoxy groups -OCH3 is 1. The quantitative estimate of drug-likeness (QED) is 0.478. The highest BCUT2D eigenvalue weighted by Crippen LogP contribution is 2.47. The van der Waals surface area contributed by atoms with Crippen LogP contribution in [0.1, 0.15) is 36.5 Å². The van der Waals surface area contributed by atoms with Crippen molar-refractivity contribution in [2.75, 3.05) is 44.8 Å². The van der Waals surface area contributed by atoms with Crippen molar-refractivity contribution in [2.45, 2.75) is 45.0 Å². The molecule has 198 valence electrons. The number of hydrogen-bond donors (Lipinski definition) is 3. The summed E-state index contributed by atoms with van der Waals surface area (Å²) in [6, 6.07) is 9.58. The van der Waals surface area contributed by atoms with E-state index in [4.69, 9.17) is 9.47 Å². The molecule has 4 atom stereocenters. The largest absolute Gasteiger partial charge is 0.493 e. The maximum absolute atomic E-state index is 12.6. The van der Waals surface area contributed by atoms with Crippen LogP contribution in [-0.2, 0) is 4.79 Å². The Morgan fingerprint density at radius 1 is 1.27 bits per heavy atom. The van der Waals surface area contributed by atoms with E-state index in [1.165, 1.54) is 4.90 Å². The topological polar surface area (TPSA) is 139 Å². The molecule has 2 unspecified atom stereocenters. The Balaban J connectivity index is 1.52. The van der Waals surface area contributed by atoms with E-state index in [-0.39, 0.29) is 18.6 Å². The molecule has 3 N–H and O–H groups in total. The van der Waals surface area contributed by atoms with Crippen molar-refractivity contribution in [1.82, 2.24) is 9.88 Å². The summed E-state index contributed by atoms with van der Waals surface area (Å²) >= 11 is 0. The van der Waals surface area contributed by atoms with Gasteiger partial charge in [0.05, 0.1) is 44.5 Å². The van der Waals surface area contributed by atoms with Gasteiger partial charge in [-0.05, 0) is 43.2 Å². The van der Waals surface area contributed by atoms with Crippen LogP contribution < -0.4 is 14.4 Å². The molecule has 1 amide bonds. The van der Waals surface area contributed by atoms with Crippen LogP contribution in [0.25, 0.3) is 0 Å². The Labute approximate surface area is 216 Å². The van der Waals surface area contributed by atoms with Gasteiger partial charge in [-0.25, -0.2) is 4.98 Å². The van der Waals surface area contributed by atoms with Gasteiger partial charge in [-0.15, -0.1) is 0 Å². The zero-order valence-electron chi connectivity index (χ0n) is 21.6. The van der Waals surface area contributed by atoms with Gasteiger partial charge in [0, 0.05) is 30.6 Å². The van der Waals surface area contributed by atoms with E-state index in [9.17, 15) is 25.4 Å². The first-order valence-electron chi connectivity index (χ1n) is 12.3. The van der Waals surface area contributed by atoms with Crippen molar-refractivity contribution in [3.05, 3.63) is 47.2 Å². The van der Waals surface area contributed by atoms with Crippen molar-refractivity contribution in [3.63, 3.8) is 0 Å². The van der Waals surface area contributed by atoms with Crippen molar-refractivity contribution in [2.24, 2.45) is 5.41 Å². The van der Waals surface area contributed by atoms with Crippen LogP contribution in [0.5, 0.6) is 11.5 Å². The minimum absolute atomic E-state index is 0.109. The van der Waals surface area contributed by atoms with Gasteiger partial charge in [0.25, 0.3) is 5.91 Å². The second-order valence-corrected chi connectivity index (χ2v) is 10.2. The second-order valence-electron chi connectivity index (χ2n) is 10.2. The lowest BCUT2D eigenvalue weighted by Gasteiger charge is -2.40. The third-order valence-electron chi connectivity index (χ3n) is 7.72. The van der Waals surface area contributed by atoms with Gasteiger partial charge < -0.3 is 34.6 Å². The van der Waals surface area contributed by atoms with E-state index in [1.807, 2.05) is 36.9 Å². The van der Waals surface area contributed by atoms with Gasteiger partial charge in [-0.3, -0.25) is 4.79 Å². The SMILES string of the molecule is COc1ccc([C@@H]2CN(C(=O)C(O)CO)C[C@@]2(C)C(C)O)cc1OC1CN(c2cc(C#N)c(C)cn2)C1. The van der Waals surface area contributed by atoms with E-state index in [0.29, 0.717) is 36.7 Å². The van der Waals surface area contributed by atoms with Gasteiger partial charge in [-0.1, -0.05) is 13.0 Å². The maximum Gasteiger partial charge on any atom is 0.253 e. The lowest BCUT2D eigenvalue weighted by Crippen LogP contribution is -2.54. The number of carbonyl (C=O) groups excluding carboxylic acids is 1. The number of likely N-dealkylation sites (tertiary alicyclic amines) is 1. The van der Waals surface area contributed by atoms with Gasteiger partial charge >= 0.3 is 0 Å². The first kappa shape index (κ1) is 26.7. The van der Waals surface area contributed by atoms with Gasteiger partial charge in [-0.2, -0.15) is 5.26 Å². The van der Waals surface area contributed by atoms with Crippen LogP contribution in [0.15, 0.2) is 30.5 Å². The highest BCUT2D eigenvalue weighted by Gasteiger charge is 2.49. The molecule has 2 aliphatic heterocycles. The predicted octanol–water partition coefficient (Wildman–Crippen LogP) is 1.20. The number of aromatic nitrogens is 1. The van der Waals surface area contributed by atoms with Crippen LogP contribution in [-0.4, -0.2) is 89.3 Å². The van der Waals surface area contributed by atoms with Gasteiger partial charge in [0.2, 0.25) is 0 Å². The number of benzene rings is 1. The monoisotopic (exact) mass is 510 g/mol. The number of hydrogen-bond acceptors (Lipinski definition) is 9. The number of aliphatic hydroxyl groups is 3. The zero-order valence-corrected chi connectivity index (χ0v) is 21.6. The lowest BCUT2D eigenvalue weighted by molar-refractivity contribution is -0.141. The summed E-state index contributed by atoms with van der Waals surface area (Å²) in [6.45, 7) is 6.56. The van der Waals surface area contributed by atoms with E-state index >= 15 is 0 Å². The Morgan fingerprint density at radius 3 is 2.62 bits per heavy atom. The number of rotatable bonds is 8. The average Bonchev–Trinajstić information content (AvgIpc) is 3.24. The van der Waals surface area contributed by atoms with Crippen LogP contribution >= 0.6 is 0 Å². The molecule has 2 aliphatic rings. The van der Waals surface area contributed by atoms with Crippen molar-refractivity contribution < 1.29 is 29.6 Å². The van der Waals surface area contributed by atoms with Crippen molar-refractivity contribution in [1.29, 1.82) is 5.26 Å². The predicted molar refractivity (Wildman–Crippen MR) is 136 cm³/mol. The summed E-state index contributed by atoms with van der Waals surface area (Å²) in [5, 5.41) is 39.1. The minimum Gasteiger partial charge on any atom is -0.493 e. The van der Waals surface area contributed by atoms with Crippen LogP contribution in [0, 0.1) is 23.7 Å². The third kappa shape index (κ3) is 5.07. The van der Waals surface area contributed by atoms with Gasteiger partial charge in [0.1, 0.15) is 11.9 Å². The summed E-state index contributed by atoms with van der Waals surface area (Å²) in [4.78, 5) is 20.6. The number of carbonyl (C=O) groups is 1. The number of ether oxygens (including phenoxy) is 2. The fourth-order valence-electron chi connectivity index (χ4n) is 5.07. The Kier molecular flexibility index (Phi) is 7.59. The third-order valence-corrected chi connectivity index (χ3v) is 7.72. The molecular formula is C27H34N4O6. The first-order chi connectivity index (χ1) is 17.6. The summed E-state index contributed by atoms with van der Waals surface area (Å²) in [7, 11) is 1.57. The molecule has 1 aromatic heterocycles. The van der Waals surface area contributed by atoms with E-state index in [2.05, 4.69) is 11.1 Å². The highest BCUT2D eigenvalue weighted by atomic mass is 16.5. The van der Waals surface area contributed by atoms with Crippen molar-refractivity contribution in [3.8, 4) is 17.6 Å². The number of aryl methyl sites for hydroxylation is 1. The smallest absolute Gasteiger partial charge is 0.253 e. The Hall–Kier alpha value is -3.39. The molecule has 2 aromatic rings. The molecule has 3 heterocycles. The molecule has 2 fully saturated rings. The van der Waals surface area contributed by atoms with Crippen LogP contribution in [0.3, 0.4) is 0 Å². The standard InChI is InChI=1S/C27H34N4O6/c1-16-10-29-25(8-19(16)9-28)30-11-20(12-30)37-24-7-18(5-6-23(24)36-4)21-13-31(26(35)22(34)14-32)15-27(21,3)17(2)33/h5-8,10,17,20-22,32-34H,11-15H2,1-4H3/t17?,21-,22?,27-/m0/s1. The normalized spacial score (nSPS) is 23.2. The maximum atomic E-state index is 12.6. The van der Waals surface area contributed by atoms with Crippen molar-refractivity contribution >= 4 is 11.7 Å². The molecule has 10 nitrogen and oxygen atoms in total. The summed E-state index contributed by atoms with van der Waals surface area (Å²) < 4.78 is 11.8. The number of aliphatic hydroxyl groups excluding tert-OH is 3. The fraction of sp³-hybridized carbons (Fsp3) is 0.519. The molecule has 0 saturated carbocycles.